The molecule has 0 N–H and O–H groups in total. The average Bonchev–Trinajstić information content (AvgIpc) is 2.71. The maximum atomic E-state index is 12.6. The highest BCUT2D eigenvalue weighted by Crippen LogP contribution is 2.38. The molecular formula is C24H40O4. The molecule has 3 aliphatic carbocycles. The average molecular weight is 393 g/mol. The molecule has 0 radical (unpaired) electrons. The second-order valence-corrected chi connectivity index (χ2v) is 10.5. The highest BCUT2D eigenvalue weighted by Gasteiger charge is 2.36. The third kappa shape index (κ3) is 5.97. The van der Waals surface area contributed by atoms with E-state index in [1.54, 1.807) is 0 Å². The van der Waals surface area contributed by atoms with E-state index in [9.17, 15) is 9.59 Å². The Kier molecular flexibility index (Phi) is 7.44. The monoisotopic (exact) mass is 392 g/mol. The van der Waals surface area contributed by atoms with Crippen molar-refractivity contribution in [3.63, 3.8) is 0 Å². The first-order valence-corrected chi connectivity index (χ1v) is 11.7. The van der Waals surface area contributed by atoms with Crippen molar-refractivity contribution in [3.8, 4) is 0 Å². The number of carbonyl (C=O) groups excluding carboxylic acids is 2. The van der Waals surface area contributed by atoms with Crippen LogP contribution in [0.1, 0.15) is 104 Å². The predicted octanol–water partition coefficient (Wildman–Crippen LogP) is 5.82. The maximum Gasteiger partial charge on any atom is 0.308 e. The smallest absolute Gasteiger partial charge is 0.308 e. The summed E-state index contributed by atoms with van der Waals surface area (Å²) in [5, 5.41) is 0. The van der Waals surface area contributed by atoms with Gasteiger partial charge >= 0.3 is 11.9 Å². The second kappa shape index (κ2) is 9.63. The van der Waals surface area contributed by atoms with Crippen molar-refractivity contribution >= 4 is 11.9 Å². The zero-order valence-electron chi connectivity index (χ0n) is 18.1. The Bertz CT molecular complexity index is 483. The summed E-state index contributed by atoms with van der Waals surface area (Å²) in [6, 6.07) is 0. The van der Waals surface area contributed by atoms with Gasteiger partial charge in [-0.2, -0.15) is 0 Å². The Morgan fingerprint density at radius 3 is 1.46 bits per heavy atom. The Balaban J connectivity index is 1.43. The Labute approximate surface area is 171 Å². The van der Waals surface area contributed by atoms with Gasteiger partial charge in [-0.25, -0.2) is 0 Å². The lowest BCUT2D eigenvalue weighted by atomic mass is 9.76. The van der Waals surface area contributed by atoms with Crippen LogP contribution in [0.4, 0.5) is 0 Å². The number of rotatable bonds is 6. The van der Waals surface area contributed by atoms with E-state index in [1.807, 2.05) is 0 Å². The Morgan fingerprint density at radius 2 is 1.07 bits per heavy atom. The molecule has 0 spiro atoms. The first-order valence-electron chi connectivity index (χ1n) is 11.7. The van der Waals surface area contributed by atoms with Gasteiger partial charge in [0.1, 0.15) is 0 Å². The molecule has 2 unspecified atom stereocenters. The van der Waals surface area contributed by atoms with Crippen LogP contribution in [0.5, 0.6) is 0 Å². The predicted molar refractivity (Wildman–Crippen MR) is 110 cm³/mol. The molecule has 3 saturated carbocycles. The number of ether oxygens (including phenoxy) is 2. The summed E-state index contributed by atoms with van der Waals surface area (Å²) >= 11 is 0. The molecule has 0 aromatic heterocycles. The summed E-state index contributed by atoms with van der Waals surface area (Å²) in [4.78, 5) is 25.3. The molecule has 0 aromatic rings. The quantitative estimate of drug-likeness (QED) is 0.534. The van der Waals surface area contributed by atoms with Crippen LogP contribution in [-0.4, -0.2) is 25.2 Å². The van der Waals surface area contributed by atoms with E-state index in [1.165, 1.54) is 38.5 Å². The molecule has 4 heteroatoms. The summed E-state index contributed by atoms with van der Waals surface area (Å²) in [6.45, 7) is 5.56. The van der Waals surface area contributed by atoms with E-state index in [-0.39, 0.29) is 34.6 Å². The lowest BCUT2D eigenvalue weighted by Crippen LogP contribution is -2.34. The van der Waals surface area contributed by atoms with Gasteiger partial charge in [0, 0.05) is 10.8 Å². The van der Waals surface area contributed by atoms with Gasteiger partial charge in [-0.1, -0.05) is 58.8 Å². The number of hydrogen-bond acceptors (Lipinski definition) is 4. The normalized spacial score (nSPS) is 29.6. The van der Waals surface area contributed by atoms with Gasteiger partial charge in [0.05, 0.1) is 25.0 Å². The minimum atomic E-state index is -0.135. The molecule has 3 fully saturated rings. The summed E-state index contributed by atoms with van der Waals surface area (Å²) in [6.07, 6.45) is 15.4. The molecular weight excluding hydrogens is 352 g/mol. The van der Waals surface area contributed by atoms with Crippen LogP contribution >= 0.6 is 0 Å². The van der Waals surface area contributed by atoms with Crippen LogP contribution in [0.3, 0.4) is 0 Å². The highest BCUT2D eigenvalue weighted by atomic mass is 16.5. The van der Waals surface area contributed by atoms with Crippen LogP contribution in [0.25, 0.3) is 0 Å². The van der Waals surface area contributed by atoms with E-state index < -0.39 is 0 Å². The van der Waals surface area contributed by atoms with Crippen molar-refractivity contribution in [2.45, 2.75) is 104 Å². The SMILES string of the molecule is CC1(COC(=O)C2CCCC(C(=O)OCC3(C)CCCCC3)C2)CCCCC1. The molecule has 2 atom stereocenters. The Hall–Kier alpha value is -1.06. The molecule has 0 amide bonds. The fourth-order valence-corrected chi connectivity index (χ4v) is 5.44. The van der Waals surface area contributed by atoms with Gasteiger partial charge < -0.3 is 9.47 Å². The van der Waals surface area contributed by atoms with E-state index in [2.05, 4.69) is 13.8 Å². The van der Waals surface area contributed by atoms with E-state index in [0.29, 0.717) is 19.6 Å². The van der Waals surface area contributed by atoms with Gasteiger partial charge in [0.15, 0.2) is 0 Å². The first-order chi connectivity index (χ1) is 13.4. The molecule has 160 valence electrons. The number of esters is 2. The minimum Gasteiger partial charge on any atom is -0.465 e. The third-order valence-electron chi connectivity index (χ3n) is 7.59. The lowest BCUT2D eigenvalue weighted by Gasteiger charge is -2.35. The lowest BCUT2D eigenvalue weighted by molar-refractivity contribution is -0.159. The molecule has 0 heterocycles. The fourth-order valence-electron chi connectivity index (χ4n) is 5.44. The van der Waals surface area contributed by atoms with Crippen LogP contribution in [0.2, 0.25) is 0 Å². The zero-order chi connectivity index (χ0) is 20.0. The summed E-state index contributed by atoms with van der Waals surface area (Å²) in [7, 11) is 0. The number of carbonyl (C=O) groups is 2. The molecule has 0 bridgehead atoms. The standard InChI is InChI=1S/C24H40O4/c1-23(12-5-3-6-13-23)17-27-21(25)19-10-9-11-20(16-19)22(26)28-18-24(2)14-7-4-8-15-24/h19-20H,3-18H2,1-2H3. The summed E-state index contributed by atoms with van der Waals surface area (Å²) in [5.41, 5.74) is 0.298. The summed E-state index contributed by atoms with van der Waals surface area (Å²) < 4.78 is 11.5. The molecule has 0 saturated heterocycles. The third-order valence-corrected chi connectivity index (χ3v) is 7.59. The topological polar surface area (TPSA) is 52.6 Å². The van der Waals surface area contributed by atoms with Crippen LogP contribution in [0, 0.1) is 22.7 Å². The van der Waals surface area contributed by atoms with E-state index in [0.717, 1.165) is 44.9 Å². The van der Waals surface area contributed by atoms with Crippen molar-refractivity contribution in [1.29, 1.82) is 0 Å². The van der Waals surface area contributed by atoms with Gasteiger partial charge in [0.25, 0.3) is 0 Å². The summed E-state index contributed by atoms with van der Waals surface area (Å²) in [5.74, 6) is -0.459. The second-order valence-electron chi connectivity index (χ2n) is 10.5. The van der Waals surface area contributed by atoms with Gasteiger partial charge in [-0.15, -0.1) is 0 Å². The van der Waals surface area contributed by atoms with E-state index in [4.69, 9.17) is 9.47 Å². The highest BCUT2D eigenvalue weighted by molar-refractivity contribution is 5.76. The van der Waals surface area contributed by atoms with Crippen molar-refractivity contribution in [3.05, 3.63) is 0 Å². The molecule has 4 nitrogen and oxygen atoms in total. The molecule has 0 aromatic carbocycles. The maximum absolute atomic E-state index is 12.6. The molecule has 28 heavy (non-hydrogen) atoms. The minimum absolute atomic E-state index is 0.0939. The Morgan fingerprint density at radius 1 is 0.679 bits per heavy atom. The van der Waals surface area contributed by atoms with Crippen molar-refractivity contribution in [1.82, 2.24) is 0 Å². The number of hydrogen-bond donors (Lipinski definition) is 0. The molecule has 3 aliphatic rings. The fraction of sp³-hybridized carbons (Fsp3) is 0.917. The largest absolute Gasteiger partial charge is 0.465 e. The van der Waals surface area contributed by atoms with Gasteiger partial charge in [-0.05, 0) is 44.9 Å². The first kappa shape index (κ1) is 21.6. The van der Waals surface area contributed by atoms with Crippen molar-refractivity contribution in [2.24, 2.45) is 22.7 Å². The molecule has 3 rings (SSSR count). The van der Waals surface area contributed by atoms with Crippen molar-refractivity contribution in [2.75, 3.05) is 13.2 Å². The zero-order valence-corrected chi connectivity index (χ0v) is 18.1. The molecule has 0 aliphatic heterocycles. The van der Waals surface area contributed by atoms with Crippen LogP contribution in [-0.2, 0) is 19.1 Å². The van der Waals surface area contributed by atoms with Crippen LogP contribution in [0.15, 0.2) is 0 Å². The van der Waals surface area contributed by atoms with Crippen LogP contribution < -0.4 is 0 Å². The van der Waals surface area contributed by atoms with E-state index >= 15 is 0 Å². The van der Waals surface area contributed by atoms with Crippen molar-refractivity contribution < 1.29 is 19.1 Å². The van der Waals surface area contributed by atoms with Gasteiger partial charge in [0.2, 0.25) is 0 Å². The van der Waals surface area contributed by atoms with Gasteiger partial charge in [-0.3, -0.25) is 9.59 Å².